The molecule has 0 radical (unpaired) electrons. The first-order valence-electron chi connectivity index (χ1n) is 11.8. The lowest BCUT2D eigenvalue weighted by Gasteiger charge is -2.18. The Balaban J connectivity index is 1.60. The molecule has 1 amide bonds. The highest BCUT2D eigenvalue weighted by Gasteiger charge is 2.19. The molecule has 0 aliphatic carbocycles. The first-order chi connectivity index (χ1) is 17.1. The monoisotopic (exact) mass is 467 g/mol. The van der Waals surface area contributed by atoms with Crippen LogP contribution in [0.3, 0.4) is 0 Å². The Morgan fingerprint density at radius 1 is 1.11 bits per heavy atom. The van der Waals surface area contributed by atoms with Crippen LogP contribution in [0.1, 0.15) is 34.8 Å². The van der Waals surface area contributed by atoms with Crippen LogP contribution in [-0.2, 0) is 12.8 Å². The van der Waals surface area contributed by atoms with Gasteiger partial charge in [-0.15, -0.1) is 0 Å². The molecule has 0 saturated heterocycles. The smallest absolute Gasteiger partial charge is 0.255 e. The number of rotatable bonds is 10. The maximum absolute atomic E-state index is 13.4. The van der Waals surface area contributed by atoms with E-state index in [1.165, 1.54) is 0 Å². The van der Waals surface area contributed by atoms with Crippen molar-refractivity contribution < 1.29 is 14.6 Å². The maximum atomic E-state index is 13.4. The molecule has 0 fully saturated rings. The van der Waals surface area contributed by atoms with Crippen LogP contribution in [0, 0.1) is 11.3 Å². The number of carbonyl (C=O) groups is 1. The molecule has 4 rings (SSSR count). The van der Waals surface area contributed by atoms with E-state index < -0.39 is 6.04 Å². The molecule has 6 nitrogen and oxygen atoms in total. The van der Waals surface area contributed by atoms with E-state index in [0.29, 0.717) is 30.8 Å². The summed E-state index contributed by atoms with van der Waals surface area (Å²) in [5.41, 5.74) is 5.17. The number of amides is 1. The van der Waals surface area contributed by atoms with E-state index in [4.69, 9.17) is 10.00 Å². The summed E-state index contributed by atoms with van der Waals surface area (Å²) in [6, 6.07) is 23.0. The zero-order valence-electron chi connectivity index (χ0n) is 19.8. The van der Waals surface area contributed by atoms with Crippen LogP contribution >= 0.6 is 0 Å². The van der Waals surface area contributed by atoms with Crippen LogP contribution < -0.4 is 10.1 Å². The summed E-state index contributed by atoms with van der Waals surface area (Å²) in [6.45, 7) is 2.32. The molecule has 0 saturated carbocycles. The number of aliphatic hydroxyl groups is 1. The molecule has 6 heteroatoms. The molecule has 0 aliphatic heterocycles. The van der Waals surface area contributed by atoms with Crippen molar-refractivity contribution in [2.75, 3.05) is 13.2 Å². The van der Waals surface area contributed by atoms with Crippen LogP contribution in [0.4, 0.5) is 0 Å². The number of aliphatic hydroxyl groups excluding tert-OH is 1. The Morgan fingerprint density at radius 2 is 1.94 bits per heavy atom. The van der Waals surface area contributed by atoms with Crippen molar-refractivity contribution in [2.45, 2.75) is 32.2 Å². The van der Waals surface area contributed by atoms with Crippen LogP contribution in [0.5, 0.6) is 5.75 Å². The second kappa shape index (κ2) is 11.4. The third kappa shape index (κ3) is 5.71. The number of nitrogens with zero attached hydrogens (tertiary/aromatic N) is 1. The summed E-state index contributed by atoms with van der Waals surface area (Å²) in [6.07, 6.45) is 3.56. The lowest BCUT2D eigenvalue weighted by molar-refractivity contribution is 0.0912. The number of para-hydroxylation sites is 1. The van der Waals surface area contributed by atoms with E-state index in [-0.39, 0.29) is 12.5 Å². The highest BCUT2D eigenvalue weighted by molar-refractivity contribution is 5.98. The lowest BCUT2D eigenvalue weighted by atomic mass is 9.99. The minimum Gasteiger partial charge on any atom is -0.493 e. The molecule has 1 atom stereocenters. The summed E-state index contributed by atoms with van der Waals surface area (Å²) in [5.74, 6) is 0.204. The third-order valence-corrected chi connectivity index (χ3v) is 5.93. The quantitative estimate of drug-likeness (QED) is 0.305. The Hall–Kier alpha value is -4.08. The van der Waals surface area contributed by atoms with Crippen LogP contribution in [0.2, 0.25) is 0 Å². The number of H-pyrrole nitrogens is 1. The molecular formula is C29H29N3O3. The second-order valence-electron chi connectivity index (χ2n) is 8.51. The van der Waals surface area contributed by atoms with Gasteiger partial charge in [-0.2, -0.15) is 5.26 Å². The summed E-state index contributed by atoms with van der Waals surface area (Å²) < 4.78 is 5.87. The number of fused-ring (bicyclic) bond motifs is 1. The molecule has 0 spiro atoms. The number of nitrogens with one attached hydrogen (secondary N) is 2. The highest BCUT2D eigenvalue weighted by Crippen LogP contribution is 2.28. The van der Waals surface area contributed by atoms with Gasteiger partial charge in [0, 0.05) is 17.1 Å². The first kappa shape index (κ1) is 24.1. The molecule has 0 unspecified atom stereocenters. The number of carbonyl (C=O) groups excluding carboxylic acids is 1. The van der Waals surface area contributed by atoms with Gasteiger partial charge in [-0.1, -0.05) is 55.5 Å². The van der Waals surface area contributed by atoms with Gasteiger partial charge >= 0.3 is 0 Å². The van der Waals surface area contributed by atoms with Crippen LogP contribution in [0.25, 0.3) is 22.0 Å². The molecule has 35 heavy (non-hydrogen) atoms. The summed E-state index contributed by atoms with van der Waals surface area (Å²) in [5, 5.41) is 23.1. The zero-order valence-corrected chi connectivity index (χ0v) is 19.8. The van der Waals surface area contributed by atoms with Crippen molar-refractivity contribution in [3.8, 4) is 22.9 Å². The average Bonchev–Trinajstić information content (AvgIpc) is 3.30. The van der Waals surface area contributed by atoms with E-state index in [9.17, 15) is 9.90 Å². The van der Waals surface area contributed by atoms with Gasteiger partial charge in [0.15, 0.2) is 0 Å². The largest absolute Gasteiger partial charge is 0.493 e. The molecule has 3 aromatic carbocycles. The van der Waals surface area contributed by atoms with Crippen molar-refractivity contribution in [1.82, 2.24) is 10.3 Å². The van der Waals surface area contributed by atoms with E-state index in [1.807, 2.05) is 79.9 Å². The second-order valence-corrected chi connectivity index (χ2v) is 8.51. The molecule has 4 aromatic rings. The van der Waals surface area contributed by atoms with E-state index >= 15 is 0 Å². The molecular weight excluding hydrogens is 438 g/mol. The Morgan fingerprint density at radius 3 is 2.74 bits per heavy atom. The Labute approximate surface area is 205 Å². The Kier molecular flexibility index (Phi) is 7.81. The topological polar surface area (TPSA) is 98.1 Å². The average molecular weight is 468 g/mol. The number of hydrogen-bond donors (Lipinski definition) is 3. The highest BCUT2D eigenvalue weighted by atomic mass is 16.5. The van der Waals surface area contributed by atoms with E-state index in [0.717, 1.165) is 39.6 Å². The third-order valence-electron chi connectivity index (χ3n) is 5.93. The summed E-state index contributed by atoms with van der Waals surface area (Å²) in [4.78, 5) is 16.6. The van der Waals surface area contributed by atoms with Crippen LogP contribution in [-0.4, -0.2) is 35.3 Å². The molecule has 0 aliphatic rings. The van der Waals surface area contributed by atoms with Gasteiger partial charge in [-0.3, -0.25) is 4.79 Å². The number of benzene rings is 3. The Bertz CT molecular complexity index is 1350. The summed E-state index contributed by atoms with van der Waals surface area (Å²) in [7, 11) is 0. The fourth-order valence-electron chi connectivity index (χ4n) is 4.17. The van der Waals surface area contributed by atoms with Gasteiger partial charge in [0.25, 0.3) is 5.91 Å². The van der Waals surface area contributed by atoms with E-state index in [1.54, 1.807) is 0 Å². The standard InChI is InChI=1S/C29H29N3O3/c1-2-14-35-28-11-10-22(21-7-5-6-20(15-21)12-13-30)17-26(28)29(34)32-24(19-33)16-23-18-31-27-9-4-3-8-25(23)27/h3-11,15,17-18,24,31,33H,2,12,14,16,19H2,1H3,(H,32,34)/t24-/m0/s1. The van der Waals surface area contributed by atoms with Crippen molar-refractivity contribution in [3.05, 3.63) is 89.6 Å². The van der Waals surface area contributed by atoms with Crippen LogP contribution in [0.15, 0.2) is 72.9 Å². The normalized spacial score (nSPS) is 11.7. The predicted molar refractivity (Wildman–Crippen MR) is 137 cm³/mol. The number of ether oxygens (including phenoxy) is 1. The van der Waals surface area contributed by atoms with Gasteiger partial charge in [0.05, 0.1) is 37.3 Å². The number of aromatic amines is 1. The minimum atomic E-state index is -0.455. The SMILES string of the molecule is CCCOc1ccc(-c2cccc(CC#N)c2)cc1C(=O)N[C@H](CO)Cc1c[nH]c2ccccc12. The van der Waals surface area contributed by atoms with Gasteiger partial charge in [0.2, 0.25) is 0 Å². The molecule has 1 heterocycles. The zero-order chi connectivity index (χ0) is 24.6. The fourth-order valence-corrected chi connectivity index (χ4v) is 4.17. The number of hydrogen-bond acceptors (Lipinski definition) is 4. The molecule has 3 N–H and O–H groups in total. The number of nitriles is 1. The molecule has 178 valence electrons. The van der Waals surface area contributed by atoms with Gasteiger partial charge in [0.1, 0.15) is 5.75 Å². The summed E-state index contributed by atoms with van der Waals surface area (Å²) >= 11 is 0. The molecule has 0 bridgehead atoms. The van der Waals surface area contributed by atoms with E-state index in [2.05, 4.69) is 16.4 Å². The lowest BCUT2D eigenvalue weighted by Crippen LogP contribution is -2.39. The van der Waals surface area contributed by atoms with Gasteiger partial charge in [-0.25, -0.2) is 0 Å². The molecule has 1 aromatic heterocycles. The maximum Gasteiger partial charge on any atom is 0.255 e. The van der Waals surface area contributed by atoms with Crippen molar-refractivity contribution in [1.29, 1.82) is 5.26 Å². The van der Waals surface area contributed by atoms with Crippen molar-refractivity contribution in [2.24, 2.45) is 0 Å². The van der Waals surface area contributed by atoms with Crippen molar-refractivity contribution >= 4 is 16.8 Å². The minimum absolute atomic E-state index is 0.188. The predicted octanol–water partition coefficient (Wildman–Crippen LogP) is 5.02. The number of aromatic nitrogens is 1. The fraction of sp³-hybridized carbons (Fsp3) is 0.241. The first-order valence-corrected chi connectivity index (χ1v) is 11.8. The van der Waals surface area contributed by atoms with Gasteiger partial charge < -0.3 is 20.1 Å². The van der Waals surface area contributed by atoms with Crippen molar-refractivity contribution in [3.63, 3.8) is 0 Å². The van der Waals surface area contributed by atoms with Gasteiger partial charge in [-0.05, 0) is 53.3 Å².